The van der Waals surface area contributed by atoms with Gasteiger partial charge in [-0.3, -0.25) is 9.59 Å². The zero-order valence-electron chi connectivity index (χ0n) is 21.5. The van der Waals surface area contributed by atoms with E-state index in [0.717, 1.165) is 54.1 Å². The molecule has 38 heavy (non-hydrogen) atoms. The molecule has 0 amide bonds. The molecule has 0 aliphatic carbocycles. The fraction of sp³-hybridized carbons (Fsp3) is 0.258. The number of rotatable bonds is 9. The molecule has 0 unspecified atom stereocenters. The van der Waals surface area contributed by atoms with E-state index in [1.165, 1.54) is 0 Å². The van der Waals surface area contributed by atoms with Crippen molar-refractivity contribution in [3.63, 3.8) is 0 Å². The van der Waals surface area contributed by atoms with Crippen LogP contribution in [0.5, 0.6) is 0 Å². The van der Waals surface area contributed by atoms with Crippen LogP contribution in [0.15, 0.2) is 85.3 Å². The molecule has 0 bridgehead atoms. The molecule has 7 nitrogen and oxygen atoms in total. The van der Waals surface area contributed by atoms with Crippen molar-refractivity contribution in [3.05, 3.63) is 108 Å². The number of aliphatic hydroxyl groups is 1. The Kier molecular flexibility index (Phi) is 7.65. The summed E-state index contributed by atoms with van der Waals surface area (Å²) in [5.74, 6) is 0.0808. The molecule has 1 aliphatic heterocycles. The van der Waals surface area contributed by atoms with Crippen LogP contribution in [0.2, 0.25) is 0 Å². The smallest absolute Gasteiger partial charge is 0.187 e. The maximum Gasteiger partial charge on any atom is 0.187 e. The van der Waals surface area contributed by atoms with E-state index >= 15 is 0 Å². The van der Waals surface area contributed by atoms with Gasteiger partial charge in [0.25, 0.3) is 0 Å². The van der Waals surface area contributed by atoms with Crippen molar-refractivity contribution in [1.82, 2.24) is 9.55 Å². The first-order valence-corrected chi connectivity index (χ1v) is 13.0. The Morgan fingerprint density at radius 2 is 1.39 bits per heavy atom. The monoisotopic (exact) mass is 508 g/mol. The molecule has 194 valence electrons. The molecular formula is C31H32N4O3. The van der Waals surface area contributed by atoms with E-state index in [2.05, 4.69) is 15.2 Å². The molecule has 2 N–H and O–H groups in total. The van der Waals surface area contributed by atoms with Crippen LogP contribution in [-0.2, 0) is 19.9 Å². The highest BCUT2D eigenvalue weighted by molar-refractivity contribution is 5.98. The number of carbonyl (C=O) groups excluding carboxylic acids is 2. The second kappa shape index (κ2) is 11.4. The third-order valence-corrected chi connectivity index (χ3v) is 6.94. The third kappa shape index (κ3) is 6.36. The molecule has 7 heteroatoms. The number of benzene rings is 3. The van der Waals surface area contributed by atoms with Gasteiger partial charge in [0.05, 0.1) is 12.4 Å². The van der Waals surface area contributed by atoms with Crippen LogP contribution >= 0.6 is 0 Å². The Morgan fingerprint density at radius 1 is 0.842 bits per heavy atom. The number of nitrogens with zero attached hydrogens (tertiary/aromatic N) is 3. The summed E-state index contributed by atoms with van der Waals surface area (Å²) in [6.45, 7) is 1.68. The van der Waals surface area contributed by atoms with E-state index in [0.29, 0.717) is 24.1 Å². The number of Topliss-reactive ketones (excluding diaryl/α,β-unsaturated/α-hetero) is 2. The molecule has 1 aliphatic rings. The maximum atomic E-state index is 12.8. The van der Waals surface area contributed by atoms with E-state index in [-0.39, 0.29) is 17.7 Å². The molecule has 1 aromatic heterocycles. The first-order chi connectivity index (χ1) is 18.4. The van der Waals surface area contributed by atoms with Crippen LogP contribution in [-0.4, -0.2) is 45.4 Å². The molecule has 0 atom stereocenters. The lowest BCUT2D eigenvalue weighted by Crippen LogP contribution is -2.35. The lowest BCUT2D eigenvalue weighted by atomic mass is 10.0. The number of nitrogens with one attached hydrogen (secondary N) is 1. The van der Waals surface area contributed by atoms with Gasteiger partial charge in [-0.15, -0.1) is 0 Å². The van der Waals surface area contributed by atoms with Crippen LogP contribution in [0.3, 0.4) is 0 Å². The highest BCUT2D eigenvalue weighted by Crippen LogP contribution is 2.22. The van der Waals surface area contributed by atoms with Crippen molar-refractivity contribution >= 4 is 28.6 Å². The van der Waals surface area contributed by atoms with E-state index in [1.807, 2.05) is 79.8 Å². The van der Waals surface area contributed by atoms with Crippen molar-refractivity contribution in [1.29, 1.82) is 0 Å². The first-order valence-electron chi connectivity index (χ1n) is 13.0. The van der Waals surface area contributed by atoms with Crippen LogP contribution in [0.25, 0.3) is 0 Å². The van der Waals surface area contributed by atoms with Gasteiger partial charge >= 0.3 is 0 Å². The molecule has 0 saturated carbocycles. The number of carbonyl (C=O) groups is 2. The second-order valence-corrected chi connectivity index (χ2v) is 9.91. The zero-order chi connectivity index (χ0) is 26.5. The van der Waals surface area contributed by atoms with Crippen molar-refractivity contribution in [3.8, 4) is 0 Å². The van der Waals surface area contributed by atoms with Gasteiger partial charge in [0.15, 0.2) is 11.6 Å². The topological polar surface area (TPSA) is 87.5 Å². The minimum atomic E-state index is -0.200. The quantitative estimate of drug-likeness (QED) is 0.310. The predicted molar refractivity (Wildman–Crippen MR) is 149 cm³/mol. The number of aromatic nitrogens is 2. The molecule has 0 radical (unpaired) electrons. The molecule has 1 fully saturated rings. The molecular weight excluding hydrogens is 476 g/mol. The van der Waals surface area contributed by atoms with Gasteiger partial charge < -0.3 is 19.9 Å². The fourth-order valence-electron chi connectivity index (χ4n) is 4.68. The van der Waals surface area contributed by atoms with Gasteiger partial charge in [-0.2, -0.15) is 0 Å². The Morgan fingerprint density at radius 3 is 1.92 bits per heavy atom. The Bertz CT molecular complexity index is 1380. The van der Waals surface area contributed by atoms with Gasteiger partial charge in [-0.1, -0.05) is 24.3 Å². The number of imidazole rings is 1. The summed E-state index contributed by atoms with van der Waals surface area (Å²) in [6, 6.07) is 23.4. The Balaban J connectivity index is 1.13. The van der Waals surface area contributed by atoms with Crippen LogP contribution in [0.4, 0.5) is 17.1 Å². The largest absolute Gasteiger partial charge is 0.393 e. The number of piperidine rings is 1. The van der Waals surface area contributed by atoms with Gasteiger partial charge in [0.1, 0.15) is 5.69 Å². The predicted octanol–water partition coefficient (Wildman–Crippen LogP) is 4.98. The number of ketones is 2. The third-order valence-electron chi connectivity index (χ3n) is 6.94. The number of aryl methyl sites for hydroxylation is 1. The molecule has 0 spiro atoms. The zero-order valence-corrected chi connectivity index (χ0v) is 21.5. The molecule has 1 saturated heterocycles. The van der Waals surface area contributed by atoms with Crippen molar-refractivity contribution < 1.29 is 14.7 Å². The Labute approximate surface area is 222 Å². The van der Waals surface area contributed by atoms with Gasteiger partial charge in [0, 0.05) is 61.8 Å². The molecule has 2 heterocycles. The minimum absolute atomic E-state index is 0.00451. The second-order valence-electron chi connectivity index (χ2n) is 9.91. The first kappa shape index (κ1) is 25.4. The summed E-state index contributed by atoms with van der Waals surface area (Å²) >= 11 is 0. The summed E-state index contributed by atoms with van der Waals surface area (Å²) in [5.41, 5.74) is 6.01. The molecule has 4 aromatic rings. The standard InChI is InChI=1S/C31H32N4O3/c1-34-20-29(32-21-34)31(38)19-23-4-10-26(11-5-23)33-25-8-2-22(3-9-25)18-30(37)24-6-12-27(13-7-24)35-16-14-28(36)15-17-35/h2-13,20-21,28,33,36H,14-19H2,1H3. The number of aliphatic hydroxyl groups excluding tert-OH is 1. The fourth-order valence-corrected chi connectivity index (χ4v) is 4.68. The number of hydrogen-bond acceptors (Lipinski definition) is 6. The minimum Gasteiger partial charge on any atom is -0.393 e. The lowest BCUT2D eigenvalue weighted by molar-refractivity contribution is 0.0982. The summed E-state index contributed by atoms with van der Waals surface area (Å²) in [7, 11) is 1.84. The Hall–Kier alpha value is -4.23. The van der Waals surface area contributed by atoms with Crippen LogP contribution in [0, 0.1) is 0 Å². The molecule has 5 rings (SSSR count). The van der Waals surface area contributed by atoms with Gasteiger partial charge in [0.2, 0.25) is 0 Å². The van der Waals surface area contributed by atoms with Crippen LogP contribution < -0.4 is 10.2 Å². The maximum absolute atomic E-state index is 12.8. The van der Waals surface area contributed by atoms with Crippen LogP contribution in [0.1, 0.15) is 44.8 Å². The summed E-state index contributed by atoms with van der Waals surface area (Å²) < 4.78 is 1.77. The van der Waals surface area contributed by atoms with Crippen molar-refractivity contribution in [2.75, 3.05) is 23.3 Å². The van der Waals surface area contributed by atoms with E-state index < -0.39 is 0 Å². The number of anilines is 3. The molecule has 3 aromatic carbocycles. The number of hydrogen-bond donors (Lipinski definition) is 2. The summed E-state index contributed by atoms with van der Waals surface area (Å²) in [5, 5.41) is 13.1. The van der Waals surface area contributed by atoms with Gasteiger partial charge in [-0.25, -0.2) is 4.98 Å². The van der Waals surface area contributed by atoms with Crippen molar-refractivity contribution in [2.45, 2.75) is 31.8 Å². The van der Waals surface area contributed by atoms with E-state index in [4.69, 9.17) is 0 Å². The lowest BCUT2D eigenvalue weighted by Gasteiger charge is -2.31. The SMILES string of the molecule is Cn1cnc(C(=O)Cc2ccc(Nc3ccc(CC(=O)c4ccc(N5CCC(O)CC5)cc4)cc3)cc2)c1. The van der Waals surface area contributed by atoms with E-state index in [9.17, 15) is 14.7 Å². The van der Waals surface area contributed by atoms with E-state index in [1.54, 1.807) is 17.1 Å². The summed E-state index contributed by atoms with van der Waals surface area (Å²) in [4.78, 5) is 31.6. The average Bonchev–Trinajstić information content (AvgIpc) is 3.38. The highest BCUT2D eigenvalue weighted by Gasteiger charge is 2.17. The highest BCUT2D eigenvalue weighted by atomic mass is 16.3. The normalized spacial score (nSPS) is 13.9. The average molecular weight is 509 g/mol. The van der Waals surface area contributed by atoms with Crippen molar-refractivity contribution in [2.24, 2.45) is 7.05 Å². The van der Waals surface area contributed by atoms with Gasteiger partial charge in [-0.05, 0) is 72.5 Å². The summed E-state index contributed by atoms with van der Waals surface area (Å²) in [6.07, 6.45) is 5.38.